The number of thiocarbonyl (C=S) groups is 1. The number of hydrogen-bond acceptors (Lipinski definition) is 3. The number of hydrogen-bond donors (Lipinski definition) is 2. The van der Waals surface area contributed by atoms with E-state index in [2.05, 4.69) is 41.0 Å². The highest BCUT2D eigenvalue weighted by Crippen LogP contribution is 2.32. The summed E-state index contributed by atoms with van der Waals surface area (Å²) in [6, 6.07) is 16.2. The molecule has 0 aliphatic carbocycles. The molecule has 0 radical (unpaired) electrons. The molecule has 1 heterocycles. The normalized spacial score (nSPS) is 15.2. The Morgan fingerprint density at radius 3 is 2.77 bits per heavy atom. The zero-order valence-electron chi connectivity index (χ0n) is 12.3. The molecule has 0 aromatic heterocycles. The molecule has 0 unspecified atom stereocenters. The predicted molar refractivity (Wildman–Crippen MR) is 98.9 cm³/mol. The Morgan fingerprint density at radius 1 is 1.14 bits per heavy atom. The van der Waals surface area contributed by atoms with E-state index in [1.165, 1.54) is 16.0 Å². The van der Waals surface area contributed by atoms with Crippen molar-refractivity contribution >= 4 is 40.5 Å². The molecular formula is C17H17N3S2. The summed E-state index contributed by atoms with van der Waals surface area (Å²) in [7, 11) is 0. The third-order valence-corrected chi connectivity index (χ3v) is 4.86. The molecule has 0 saturated carbocycles. The van der Waals surface area contributed by atoms with Crippen LogP contribution in [0.3, 0.4) is 0 Å². The third kappa shape index (κ3) is 3.48. The van der Waals surface area contributed by atoms with Gasteiger partial charge in [-0.15, -0.1) is 11.8 Å². The maximum atomic E-state index is 5.29. The number of rotatable bonds is 2. The molecule has 2 aromatic rings. The van der Waals surface area contributed by atoms with Gasteiger partial charge in [0.05, 0.1) is 5.71 Å². The van der Waals surface area contributed by atoms with Crippen LogP contribution in [0.5, 0.6) is 0 Å². The summed E-state index contributed by atoms with van der Waals surface area (Å²) in [6.45, 7) is 2.14. The van der Waals surface area contributed by atoms with Crippen LogP contribution in [0.2, 0.25) is 0 Å². The van der Waals surface area contributed by atoms with Gasteiger partial charge in [0.2, 0.25) is 0 Å². The molecule has 3 rings (SSSR count). The minimum atomic E-state index is 0.506. The zero-order valence-corrected chi connectivity index (χ0v) is 13.9. The Bertz CT molecular complexity index is 711. The van der Waals surface area contributed by atoms with Crippen LogP contribution in [0.25, 0.3) is 0 Å². The lowest BCUT2D eigenvalue weighted by Gasteiger charge is -2.19. The van der Waals surface area contributed by atoms with Gasteiger partial charge in [-0.05, 0) is 36.8 Å². The highest BCUT2D eigenvalue weighted by atomic mass is 32.2. The summed E-state index contributed by atoms with van der Waals surface area (Å²) < 4.78 is 0. The van der Waals surface area contributed by atoms with E-state index in [1.54, 1.807) is 0 Å². The van der Waals surface area contributed by atoms with Gasteiger partial charge < -0.3 is 5.32 Å². The summed E-state index contributed by atoms with van der Waals surface area (Å²) in [4.78, 5) is 1.33. The number of aryl methyl sites for hydroxylation is 1. The van der Waals surface area contributed by atoms with E-state index in [9.17, 15) is 0 Å². The van der Waals surface area contributed by atoms with Crippen molar-refractivity contribution in [1.82, 2.24) is 5.43 Å². The van der Waals surface area contributed by atoms with E-state index in [-0.39, 0.29) is 0 Å². The van der Waals surface area contributed by atoms with Crippen LogP contribution in [0, 0.1) is 6.92 Å². The summed E-state index contributed by atoms with van der Waals surface area (Å²) in [5, 5.41) is 8.14. The maximum absolute atomic E-state index is 5.29. The van der Waals surface area contributed by atoms with E-state index < -0.39 is 0 Å². The standard InChI is InChI=1S/C17H17N3S2/c1-12-6-5-9-14-15(10-11-22-16(12)14)19-20-17(21)18-13-7-3-2-4-8-13/h2-9H,10-11H2,1H3,(H2,18,20,21). The molecule has 22 heavy (non-hydrogen) atoms. The van der Waals surface area contributed by atoms with Crippen molar-refractivity contribution in [2.24, 2.45) is 5.10 Å². The zero-order chi connectivity index (χ0) is 15.4. The number of benzene rings is 2. The van der Waals surface area contributed by atoms with Gasteiger partial charge in [0.15, 0.2) is 5.11 Å². The second-order valence-electron chi connectivity index (χ2n) is 5.04. The molecule has 1 aliphatic heterocycles. The quantitative estimate of drug-likeness (QED) is 0.641. The topological polar surface area (TPSA) is 36.4 Å². The van der Waals surface area contributed by atoms with Crippen LogP contribution in [-0.2, 0) is 0 Å². The minimum absolute atomic E-state index is 0.506. The Hall–Kier alpha value is -1.85. The molecule has 2 N–H and O–H groups in total. The van der Waals surface area contributed by atoms with Crippen LogP contribution in [-0.4, -0.2) is 16.6 Å². The number of para-hydroxylation sites is 1. The number of nitrogens with one attached hydrogen (secondary N) is 2. The largest absolute Gasteiger partial charge is 0.331 e. The van der Waals surface area contributed by atoms with E-state index in [1.807, 2.05) is 42.1 Å². The molecule has 5 heteroatoms. The van der Waals surface area contributed by atoms with Gasteiger partial charge in [0, 0.05) is 28.3 Å². The van der Waals surface area contributed by atoms with Crippen LogP contribution < -0.4 is 10.7 Å². The highest BCUT2D eigenvalue weighted by Gasteiger charge is 2.17. The van der Waals surface area contributed by atoms with E-state index >= 15 is 0 Å². The van der Waals surface area contributed by atoms with Crippen molar-refractivity contribution in [3.63, 3.8) is 0 Å². The molecule has 3 nitrogen and oxygen atoms in total. The molecule has 0 spiro atoms. The average Bonchev–Trinajstić information content (AvgIpc) is 2.54. The fourth-order valence-corrected chi connectivity index (χ4v) is 3.67. The molecular weight excluding hydrogens is 310 g/mol. The summed E-state index contributed by atoms with van der Waals surface area (Å²) in [6.07, 6.45) is 0.946. The van der Waals surface area contributed by atoms with Crippen molar-refractivity contribution in [1.29, 1.82) is 0 Å². The lowest BCUT2D eigenvalue weighted by molar-refractivity contribution is 1.01. The number of fused-ring (bicyclic) bond motifs is 1. The van der Waals surface area contributed by atoms with E-state index in [0.29, 0.717) is 5.11 Å². The Kier molecular flexibility index (Phi) is 4.75. The first-order valence-corrected chi connectivity index (χ1v) is 8.55. The number of hydrazone groups is 1. The lowest BCUT2D eigenvalue weighted by atomic mass is 10.0. The van der Waals surface area contributed by atoms with Crippen LogP contribution in [0.1, 0.15) is 17.5 Å². The van der Waals surface area contributed by atoms with Crippen LogP contribution in [0.4, 0.5) is 5.69 Å². The van der Waals surface area contributed by atoms with Crippen molar-refractivity contribution in [2.75, 3.05) is 11.1 Å². The molecule has 0 fully saturated rings. The van der Waals surface area contributed by atoms with Crippen molar-refractivity contribution in [2.45, 2.75) is 18.2 Å². The smallest absolute Gasteiger partial charge is 0.191 e. The number of thioether (sulfide) groups is 1. The fraction of sp³-hybridized carbons (Fsp3) is 0.176. The molecule has 0 bridgehead atoms. The Balaban J connectivity index is 1.72. The first-order valence-electron chi connectivity index (χ1n) is 7.15. The predicted octanol–water partition coefficient (Wildman–Crippen LogP) is 4.18. The molecule has 112 valence electrons. The minimum Gasteiger partial charge on any atom is -0.331 e. The van der Waals surface area contributed by atoms with Crippen molar-refractivity contribution in [3.05, 3.63) is 59.7 Å². The fourth-order valence-electron chi connectivity index (χ4n) is 2.37. The SMILES string of the molecule is Cc1cccc2c1SCCC2=NNC(=S)Nc1ccccc1. The summed E-state index contributed by atoms with van der Waals surface area (Å²) in [5.74, 6) is 1.05. The second-order valence-corrected chi connectivity index (χ2v) is 6.55. The summed E-state index contributed by atoms with van der Waals surface area (Å²) in [5.41, 5.74) is 7.50. The lowest BCUT2D eigenvalue weighted by Crippen LogP contribution is -2.26. The van der Waals surface area contributed by atoms with Crippen molar-refractivity contribution in [3.8, 4) is 0 Å². The first-order chi connectivity index (χ1) is 10.7. The maximum Gasteiger partial charge on any atom is 0.191 e. The van der Waals surface area contributed by atoms with Crippen LogP contribution >= 0.6 is 24.0 Å². The van der Waals surface area contributed by atoms with Gasteiger partial charge in [0.25, 0.3) is 0 Å². The highest BCUT2D eigenvalue weighted by molar-refractivity contribution is 7.99. The second kappa shape index (κ2) is 6.94. The van der Waals surface area contributed by atoms with Gasteiger partial charge >= 0.3 is 0 Å². The Morgan fingerprint density at radius 2 is 1.95 bits per heavy atom. The number of nitrogens with zero attached hydrogens (tertiary/aromatic N) is 1. The molecule has 0 atom stereocenters. The van der Waals surface area contributed by atoms with E-state index in [0.717, 1.165) is 23.6 Å². The van der Waals surface area contributed by atoms with Gasteiger partial charge in [-0.3, -0.25) is 5.43 Å². The van der Waals surface area contributed by atoms with Crippen LogP contribution in [0.15, 0.2) is 58.5 Å². The molecule has 2 aromatic carbocycles. The molecule has 1 aliphatic rings. The van der Waals surface area contributed by atoms with Gasteiger partial charge in [-0.2, -0.15) is 5.10 Å². The summed E-state index contributed by atoms with van der Waals surface area (Å²) >= 11 is 7.19. The number of anilines is 1. The molecule has 0 saturated heterocycles. The Labute approximate surface area is 140 Å². The molecule has 0 amide bonds. The monoisotopic (exact) mass is 327 g/mol. The van der Waals surface area contributed by atoms with E-state index in [4.69, 9.17) is 12.2 Å². The average molecular weight is 327 g/mol. The van der Waals surface area contributed by atoms with Gasteiger partial charge in [-0.1, -0.05) is 36.4 Å². The van der Waals surface area contributed by atoms with Gasteiger partial charge in [-0.25, -0.2) is 0 Å². The third-order valence-electron chi connectivity index (χ3n) is 3.43. The van der Waals surface area contributed by atoms with Gasteiger partial charge in [0.1, 0.15) is 0 Å². The first kappa shape index (κ1) is 15.1. The van der Waals surface area contributed by atoms with Crippen molar-refractivity contribution < 1.29 is 0 Å².